The first-order valence-electron chi connectivity index (χ1n) is 7.70. The summed E-state index contributed by atoms with van der Waals surface area (Å²) in [5.41, 5.74) is -1.04. The third kappa shape index (κ3) is 4.13. The molecule has 2 amide bonds. The zero-order chi connectivity index (χ0) is 19.9. The van der Waals surface area contributed by atoms with Crippen LogP contribution in [0.4, 0.5) is 4.39 Å². The second-order valence-corrected chi connectivity index (χ2v) is 8.84. The molecule has 0 aliphatic carbocycles. The Bertz CT molecular complexity index is 731. The van der Waals surface area contributed by atoms with Crippen molar-refractivity contribution in [2.24, 2.45) is 5.92 Å². The summed E-state index contributed by atoms with van der Waals surface area (Å²) in [7, 11) is 1.28. The van der Waals surface area contributed by atoms with Gasteiger partial charge in [0.05, 0.1) is 0 Å². The summed E-state index contributed by atoms with van der Waals surface area (Å²) in [6.07, 6.45) is -0.109. The van der Waals surface area contributed by atoms with E-state index in [4.69, 9.17) is 39.5 Å². The van der Waals surface area contributed by atoms with E-state index in [1.807, 2.05) is 0 Å². The predicted molar refractivity (Wildman–Crippen MR) is 95.5 cm³/mol. The van der Waals surface area contributed by atoms with Gasteiger partial charge in [-0.1, -0.05) is 46.9 Å². The lowest BCUT2D eigenvalue weighted by atomic mass is 9.79. The van der Waals surface area contributed by atoms with E-state index in [0.717, 1.165) is 4.90 Å². The molecule has 1 aliphatic rings. The number of benzene rings is 1. The highest BCUT2D eigenvalue weighted by Crippen LogP contribution is 2.42. The Balaban J connectivity index is 2.39. The Morgan fingerprint density at radius 3 is 2.23 bits per heavy atom. The highest BCUT2D eigenvalue weighted by Gasteiger charge is 2.50. The highest BCUT2D eigenvalue weighted by molar-refractivity contribution is 6.68. The number of rotatable bonds is 3. The number of hydrogen-bond acceptors (Lipinski definition) is 4. The summed E-state index contributed by atoms with van der Waals surface area (Å²) >= 11 is 17.5. The van der Waals surface area contributed by atoms with Crippen LogP contribution in [0.25, 0.3) is 0 Å². The molecule has 1 aliphatic heterocycles. The molecule has 1 fully saturated rings. The van der Waals surface area contributed by atoms with Gasteiger partial charge >= 0.3 is 5.97 Å². The Kier molecular flexibility index (Phi) is 5.90. The van der Waals surface area contributed by atoms with Crippen molar-refractivity contribution >= 4 is 52.6 Å². The van der Waals surface area contributed by atoms with Gasteiger partial charge in [-0.05, 0) is 31.5 Å². The van der Waals surface area contributed by atoms with Crippen molar-refractivity contribution in [2.45, 2.75) is 35.6 Å². The van der Waals surface area contributed by atoms with E-state index >= 15 is 0 Å². The molecule has 0 aromatic heterocycles. The fraction of sp³-hybridized carbons (Fsp3) is 0.471. The largest absolute Gasteiger partial charge is 0.454 e. The molecular formula is C17H17Cl3FNO4. The van der Waals surface area contributed by atoms with Crippen LogP contribution in [0.3, 0.4) is 0 Å². The van der Waals surface area contributed by atoms with Crippen molar-refractivity contribution in [3.63, 3.8) is 0 Å². The van der Waals surface area contributed by atoms with Gasteiger partial charge in [-0.2, -0.15) is 0 Å². The zero-order valence-electron chi connectivity index (χ0n) is 14.3. The Labute approximate surface area is 165 Å². The second kappa shape index (κ2) is 7.33. The maximum absolute atomic E-state index is 13.2. The summed E-state index contributed by atoms with van der Waals surface area (Å²) < 4.78 is 16.6. The number of hydrogen-bond donors (Lipinski definition) is 0. The van der Waals surface area contributed by atoms with Crippen molar-refractivity contribution in [1.29, 1.82) is 0 Å². The van der Waals surface area contributed by atoms with Crippen LogP contribution in [-0.4, -0.2) is 39.1 Å². The predicted octanol–water partition coefficient (Wildman–Crippen LogP) is 3.61. The van der Waals surface area contributed by atoms with Crippen molar-refractivity contribution < 1.29 is 23.5 Å². The molecule has 2 atom stereocenters. The average molecular weight is 425 g/mol. The van der Waals surface area contributed by atoms with Crippen molar-refractivity contribution in [2.75, 3.05) is 7.05 Å². The van der Waals surface area contributed by atoms with Gasteiger partial charge in [-0.15, -0.1) is 0 Å². The number of nitrogens with zero attached hydrogens (tertiary/aromatic N) is 1. The minimum Gasteiger partial charge on any atom is -0.454 e. The molecule has 5 nitrogen and oxygen atoms in total. The minimum atomic E-state index is -1.92. The summed E-state index contributed by atoms with van der Waals surface area (Å²) in [6.45, 7) is 2.79. The van der Waals surface area contributed by atoms with E-state index < -0.39 is 44.8 Å². The summed E-state index contributed by atoms with van der Waals surface area (Å²) in [5, 5.41) is 0. The fourth-order valence-corrected chi connectivity index (χ4v) is 2.72. The van der Waals surface area contributed by atoms with Gasteiger partial charge < -0.3 is 4.74 Å². The maximum Gasteiger partial charge on any atom is 0.319 e. The van der Waals surface area contributed by atoms with Crippen molar-refractivity contribution in [3.8, 4) is 0 Å². The van der Waals surface area contributed by atoms with Crippen LogP contribution in [0.1, 0.15) is 31.7 Å². The fourth-order valence-electron chi connectivity index (χ4n) is 2.60. The number of imide groups is 1. The lowest BCUT2D eigenvalue weighted by Crippen LogP contribution is -2.52. The Morgan fingerprint density at radius 1 is 1.19 bits per heavy atom. The molecule has 1 aromatic carbocycles. The molecule has 0 radical (unpaired) electrons. The Hall–Kier alpha value is -1.37. The van der Waals surface area contributed by atoms with Gasteiger partial charge in [0.1, 0.15) is 11.7 Å². The number of piperidine rings is 1. The minimum absolute atomic E-state index is 0.109. The number of halogens is 4. The van der Waals surface area contributed by atoms with E-state index in [-0.39, 0.29) is 6.42 Å². The van der Waals surface area contributed by atoms with Crippen LogP contribution in [0.2, 0.25) is 0 Å². The van der Waals surface area contributed by atoms with Crippen LogP contribution in [-0.2, 0) is 19.1 Å². The third-order valence-electron chi connectivity index (χ3n) is 4.36. The van der Waals surface area contributed by atoms with E-state index in [0.29, 0.717) is 5.56 Å². The molecule has 2 rings (SSSR count). The molecule has 0 saturated carbocycles. The van der Waals surface area contributed by atoms with Gasteiger partial charge in [0, 0.05) is 19.4 Å². The number of carbonyl (C=O) groups excluding carboxylic acids is 3. The molecule has 1 saturated heterocycles. The summed E-state index contributed by atoms with van der Waals surface area (Å²) in [4.78, 5) is 38.3. The molecule has 0 spiro atoms. The number of esters is 1. The number of ether oxygens (including phenoxy) is 1. The first kappa shape index (κ1) is 20.9. The number of carbonyl (C=O) groups is 3. The van der Waals surface area contributed by atoms with Gasteiger partial charge in [0.25, 0.3) is 0 Å². The molecule has 9 heteroatoms. The molecule has 142 valence electrons. The number of alkyl halides is 3. The lowest BCUT2D eigenvalue weighted by Gasteiger charge is -2.37. The standard InChI is InChI=1S/C17H17Cl3FNO4/c1-16(2,17(18,19)20)26-15(25)13-11(8-12(23)22(3)14(13)24)9-4-6-10(21)7-5-9/h4-7,11,13H,8H2,1-3H3. The van der Waals surface area contributed by atoms with Crippen molar-refractivity contribution in [3.05, 3.63) is 35.6 Å². The van der Waals surface area contributed by atoms with E-state index in [1.54, 1.807) is 0 Å². The van der Waals surface area contributed by atoms with Gasteiger partial charge in [-0.25, -0.2) is 4.39 Å². The van der Waals surface area contributed by atoms with Crippen LogP contribution in [0, 0.1) is 11.7 Å². The van der Waals surface area contributed by atoms with Gasteiger partial charge in [0.2, 0.25) is 15.6 Å². The smallest absolute Gasteiger partial charge is 0.319 e. The second-order valence-electron chi connectivity index (χ2n) is 6.56. The number of amides is 2. The maximum atomic E-state index is 13.2. The monoisotopic (exact) mass is 423 g/mol. The Morgan fingerprint density at radius 2 is 1.73 bits per heavy atom. The first-order chi connectivity index (χ1) is 11.8. The molecule has 2 unspecified atom stereocenters. The topological polar surface area (TPSA) is 63.7 Å². The molecule has 1 heterocycles. The normalized spacial score (nSPS) is 21.7. The zero-order valence-corrected chi connectivity index (χ0v) is 16.5. The van der Waals surface area contributed by atoms with Crippen LogP contribution in [0.15, 0.2) is 24.3 Å². The first-order valence-corrected chi connectivity index (χ1v) is 8.84. The third-order valence-corrected chi connectivity index (χ3v) is 5.72. The SMILES string of the molecule is CN1C(=O)CC(c2ccc(F)cc2)C(C(=O)OC(C)(C)C(Cl)(Cl)Cl)C1=O. The number of likely N-dealkylation sites (tertiary alicyclic amines) is 1. The van der Waals surface area contributed by atoms with Crippen LogP contribution >= 0.6 is 34.8 Å². The molecule has 26 heavy (non-hydrogen) atoms. The summed E-state index contributed by atoms with van der Waals surface area (Å²) in [6, 6.07) is 5.23. The van der Waals surface area contributed by atoms with Crippen molar-refractivity contribution in [1.82, 2.24) is 4.90 Å². The van der Waals surface area contributed by atoms with E-state index in [1.165, 1.54) is 45.2 Å². The lowest BCUT2D eigenvalue weighted by molar-refractivity contribution is -0.170. The van der Waals surface area contributed by atoms with Crippen LogP contribution in [0.5, 0.6) is 0 Å². The van der Waals surface area contributed by atoms with Crippen LogP contribution < -0.4 is 0 Å². The quantitative estimate of drug-likeness (QED) is 0.322. The molecule has 0 N–H and O–H groups in total. The highest BCUT2D eigenvalue weighted by atomic mass is 35.6. The average Bonchev–Trinajstić information content (AvgIpc) is 2.51. The molecule has 1 aromatic rings. The molecular weight excluding hydrogens is 408 g/mol. The van der Waals surface area contributed by atoms with Gasteiger partial charge in [-0.3, -0.25) is 19.3 Å². The van der Waals surface area contributed by atoms with E-state index in [9.17, 15) is 18.8 Å². The van der Waals surface area contributed by atoms with E-state index in [2.05, 4.69) is 0 Å². The summed E-state index contributed by atoms with van der Waals surface area (Å²) in [5.74, 6) is -4.68. The van der Waals surface area contributed by atoms with Gasteiger partial charge in [0.15, 0.2) is 5.60 Å². The molecule has 0 bridgehead atoms.